The highest BCUT2D eigenvalue weighted by Crippen LogP contribution is 2.46. The lowest BCUT2D eigenvalue weighted by Crippen LogP contribution is -2.10. The number of hydrogen-bond donors (Lipinski definition) is 0. The van der Waals surface area contributed by atoms with E-state index in [-0.39, 0.29) is 0 Å². The number of aromatic nitrogens is 2. The van der Waals surface area contributed by atoms with E-state index in [1.165, 1.54) is 54.3 Å². The Hall–Kier alpha value is -7.36. The zero-order valence-electron chi connectivity index (χ0n) is 30.0. The summed E-state index contributed by atoms with van der Waals surface area (Å²) in [7, 11) is 0. The molecule has 0 radical (unpaired) electrons. The summed E-state index contributed by atoms with van der Waals surface area (Å²) in [4.78, 5) is 2.45. The van der Waals surface area contributed by atoms with E-state index in [1.807, 2.05) is 0 Å². The molecule has 0 spiro atoms. The number of para-hydroxylation sites is 3. The first-order valence-corrected chi connectivity index (χ1v) is 18.9. The zero-order chi connectivity index (χ0) is 36.3. The van der Waals surface area contributed by atoms with E-state index in [4.69, 9.17) is 0 Å². The van der Waals surface area contributed by atoms with Crippen LogP contribution in [-0.4, -0.2) is 9.13 Å². The van der Waals surface area contributed by atoms with E-state index in [0.717, 1.165) is 39.6 Å². The predicted molar refractivity (Wildman–Crippen MR) is 233 cm³/mol. The largest absolute Gasteiger partial charge is 0.310 e. The number of anilines is 3. The third-order valence-electron chi connectivity index (χ3n) is 11.1. The van der Waals surface area contributed by atoms with E-state index in [0.29, 0.717) is 0 Å². The van der Waals surface area contributed by atoms with Crippen molar-refractivity contribution in [2.24, 2.45) is 0 Å². The Morgan fingerprint density at radius 3 is 1.53 bits per heavy atom. The van der Waals surface area contributed by atoms with E-state index in [2.05, 4.69) is 226 Å². The van der Waals surface area contributed by atoms with Gasteiger partial charge in [0.25, 0.3) is 0 Å². The van der Waals surface area contributed by atoms with Crippen LogP contribution in [0.3, 0.4) is 0 Å². The van der Waals surface area contributed by atoms with Crippen molar-refractivity contribution in [3.8, 4) is 22.5 Å². The second-order valence-electron chi connectivity index (χ2n) is 14.2. The molecule has 0 aliphatic rings. The molecule has 0 bridgehead atoms. The molecule has 11 rings (SSSR count). The summed E-state index contributed by atoms with van der Waals surface area (Å²) >= 11 is 0. The maximum absolute atomic E-state index is 2.45. The van der Waals surface area contributed by atoms with Crippen molar-refractivity contribution >= 4 is 71.4 Å². The van der Waals surface area contributed by atoms with E-state index in [9.17, 15) is 0 Å². The fourth-order valence-corrected chi connectivity index (χ4v) is 8.63. The Labute approximate surface area is 319 Å². The maximum atomic E-state index is 2.45. The summed E-state index contributed by atoms with van der Waals surface area (Å²) in [6.07, 6.45) is 0. The van der Waals surface area contributed by atoms with Gasteiger partial charge in [0.2, 0.25) is 0 Å². The fourth-order valence-electron chi connectivity index (χ4n) is 8.63. The van der Waals surface area contributed by atoms with Gasteiger partial charge in [0.1, 0.15) is 5.65 Å². The number of benzene rings is 9. The van der Waals surface area contributed by atoms with Crippen molar-refractivity contribution < 1.29 is 0 Å². The van der Waals surface area contributed by atoms with Crippen molar-refractivity contribution in [3.05, 3.63) is 212 Å². The van der Waals surface area contributed by atoms with Crippen molar-refractivity contribution in [3.63, 3.8) is 0 Å². The van der Waals surface area contributed by atoms with Gasteiger partial charge in [0.15, 0.2) is 0 Å². The normalized spacial score (nSPS) is 11.6. The average molecular weight is 702 g/mol. The molecule has 3 nitrogen and oxygen atoms in total. The quantitative estimate of drug-likeness (QED) is 0.157. The first-order valence-electron chi connectivity index (χ1n) is 18.9. The van der Waals surface area contributed by atoms with Gasteiger partial charge in [0.05, 0.1) is 16.7 Å². The Balaban J connectivity index is 1.23. The van der Waals surface area contributed by atoms with Gasteiger partial charge in [-0.1, -0.05) is 146 Å². The predicted octanol–water partition coefficient (Wildman–Crippen LogP) is 14.2. The molecule has 2 heterocycles. The Morgan fingerprint density at radius 2 is 0.836 bits per heavy atom. The van der Waals surface area contributed by atoms with Crippen LogP contribution in [0.1, 0.15) is 0 Å². The molecule has 0 fully saturated rings. The molecule has 11 aromatic rings. The summed E-state index contributed by atoms with van der Waals surface area (Å²) in [6, 6.07) is 76.9. The van der Waals surface area contributed by atoms with Crippen molar-refractivity contribution in [1.29, 1.82) is 0 Å². The highest BCUT2D eigenvalue weighted by Gasteiger charge is 2.24. The third kappa shape index (κ3) is 4.98. The fraction of sp³-hybridized carbons (Fsp3) is 0. The molecule has 0 N–H and O–H groups in total. The molecule has 2 aromatic heterocycles. The summed E-state index contributed by atoms with van der Waals surface area (Å²) in [6.45, 7) is 0. The lowest BCUT2D eigenvalue weighted by atomic mass is 9.98. The minimum absolute atomic E-state index is 1.10. The lowest BCUT2D eigenvalue weighted by Gasteiger charge is -2.28. The summed E-state index contributed by atoms with van der Waals surface area (Å²) in [5.74, 6) is 0. The summed E-state index contributed by atoms with van der Waals surface area (Å²) < 4.78 is 4.86. The van der Waals surface area contributed by atoms with Gasteiger partial charge in [-0.3, -0.25) is 9.13 Å². The molecule has 258 valence electrons. The van der Waals surface area contributed by atoms with Gasteiger partial charge in [-0.05, 0) is 94.0 Å². The second-order valence-corrected chi connectivity index (χ2v) is 14.2. The van der Waals surface area contributed by atoms with Crippen LogP contribution in [-0.2, 0) is 0 Å². The zero-order valence-corrected chi connectivity index (χ0v) is 30.0. The topological polar surface area (TPSA) is 13.1 Å². The van der Waals surface area contributed by atoms with Crippen LogP contribution >= 0.6 is 0 Å². The Bertz CT molecular complexity index is 3180. The molecule has 3 heteroatoms. The highest BCUT2D eigenvalue weighted by molar-refractivity contribution is 6.23. The van der Waals surface area contributed by atoms with Crippen LogP contribution in [0.5, 0.6) is 0 Å². The second kappa shape index (κ2) is 12.6. The summed E-state index contributed by atoms with van der Waals surface area (Å²) in [5, 5.41) is 8.60. The third-order valence-corrected chi connectivity index (χ3v) is 11.1. The average Bonchev–Trinajstić information content (AvgIpc) is 3.77. The molecule has 0 unspecified atom stereocenters. The number of nitrogens with zero attached hydrogens (tertiary/aromatic N) is 3. The Morgan fingerprint density at radius 1 is 0.327 bits per heavy atom. The van der Waals surface area contributed by atoms with Gasteiger partial charge < -0.3 is 4.90 Å². The van der Waals surface area contributed by atoms with Crippen LogP contribution in [0.2, 0.25) is 0 Å². The molecule has 9 aromatic carbocycles. The van der Waals surface area contributed by atoms with Crippen molar-refractivity contribution in [2.75, 3.05) is 4.90 Å². The SMILES string of the molecule is c1ccc(-c2ccc(N(c3ccc4c(c3)c3c5ccccc5n(-c5ccccc5)c3n4-c3ccccc3)c3cc4ccccc4c4ccccc34)cc2)cc1. The molecule has 0 aliphatic carbocycles. The monoisotopic (exact) mass is 701 g/mol. The van der Waals surface area contributed by atoms with Crippen LogP contribution in [0.15, 0.2) is 212 Å². The van der Waals surface area contributed by atoms with Crippen molar-refractivity contribution in [2.45, 2.75) is 0 Å². The standard InChI is InChI=1S/C52H35N3/c1-4-16-36(17-5-1)37-28-30-41(31-29-37)53(50-34-38-18-10-11-23-43(38)44-24-12-13-25-45(44)50)42-32-33-49-47(35-42)51-46-26-14-15-27-48(46)54(39-19-6-2-7-20-39)52(51)55(49)40-21-8-3-9-22-40/h1-35H. The van der Waals surface area contributed by atoms with Crippen LogP contribution < -0.4 is 4.90 Å². The van der Waals surface area contributed by atoms with E-state index < -0.39 is 0 Å². The lowest BCUT2D eigenvalue weighted by molar-refractivity contribution is 1.07. The first kappa shape index (κ1) is 31.2. The molecule has 0 saturated heterocycles. The van der Waals surface area contributed by atoms with Gasteiger partial charge in [-0.2, -0.15) is 0 Å². The number of fused-ring (bicyclic) bond motifs is 8. The minimum atomic E-state index is 1.10. The Kier molecular flexibility index (Phi) is 7.17. The molecular formula is C52H35N3. The molecule has 0 aliphatic heterocycles. The molecule has 0 saturated carbocycles. The highest BCUT2D eigenvalue weighted by atomic mass is 15.2. The van der Waals surface area contributed by atoms with Crippen LogP contribution in [0.4, 0.5) is 17.1 Å². The minimum Gasteiger partial charge on any atom is -0.310 e. The van der Waals surface area contributed by atoms with Gasteiger partial charge in [-0.25, -0.2) is 0 Å². The number of hydrogen-bond acceptors (Lipinski definition) is 1. The molecular weight excluding hydrogens is 667 g/mol. The molecule has 0 atom stereocenters. The van der Waals surface area contributed by atoms with Gasteiger partial charge in [0, 0.05) is 44.3 Å². The van der Waals surface area contributed by atoms with Gasteiger partial charge >= 0.3 is 0 Å². The summed E-state index contributed by atoms with van der Waals surface area (Å²) in [5.41, 5.74) is 11.5. The first-order chi connectivity index (χ1) is 27.3. The van der Waals surface area contributed by atoms with E-state index >= 15 is 0 Å². The molecule has 55 heavy (non-hydrogen) atoms. The maximum Gasteiger partial charge on any atom is 0.131 e. The van der Waals surface area contributed by atoms with Gasteiger partial charge in [-0.15, -0.1) is 0 Å². The smallest absolute Gasteiger partial charge is 0.131 e. The van der Waals surface area contributed by atoms with E-state index in [1.54, 1.807) is 0 Å². The number of rotatable bonds is 6. The van der Waals surface area contributed by atoms with Crippen LogP contribution in [0, 0.1) is 0 Å². The van der Waals surface area contributed by atoms with Crippen LogP contribution in [0.25, 0.3) is 76.9 Å². The molecule has 0 amide bonds. The van der Waals surface area contributed by atoms with Crippen molar-refractivity contribution in [1.82, 2.24) is 9.13 Å².